The maximum absolute atomic E-state index is 3.48. The Morgan fingerprint density at radius 1 is 1.50 bits per heavy atom. The maximum Gasteiger partial charge on any atom is 0.00170 e. The minimum Gasteiger partial charge on any atom is -0.316 e. The van der Waals surface area contributed by atoms with Gasteiger partial charge in [-0.2, -0.15) is 0 Å². The molecule has 0 aromatic carbocycles. The van der Waals surface area contributed by atoms with Crippen molar-refractivity contribution >= 4 is 0 Å². The van der Waals surface area contributed by atoms with Crippen molar-refractivity contribution in [3.8, 4) is 0 Å². The van der Waals surface area contributed by atoms with Crippen molar-refractivity contribution < 1.29 is 0 Å². The number of hydrogen-bond acceptors (Lipinski definition) is 1. The molecule has 2 rings (SSSR count). The quantitative estimate of drug-likeness (QED) is 0.500. The summed E-state index contributed by atoms with van der Waals surface area (Å²) in [6, 6.07) is 0. The van der Waals surface area contributed by atoms with Crippen molar-refractivity contribution in [3.05, 3.63) is 11.6 Å². The second-order valence-corrected chi connectivity index (χ2v) is 3.64. The van der Waals surface area contributed by atoms with E-state index in [2.05, 4.69) is 18.3 Å². The van der Waals surface area contributed by atoms with E-state index in [1.54, 1.807) is 5.57 Å². The molecule has 56 valence electrons. The fourth-order valence-electron chi connectivity index (χ4n) is 2.08. The van der Waals surface area contributed by atoms with Crippen LogP contribution in [0.2, 0.25) is 0 Å². The smallest absolute Gasteiger partial charge is 0.00170 e. The van der Waals surface area contributed by atoms with E-state index in [1.165, 1.54) is 25.9 Å². The second-order valence-electron chi connectivity index (χ2n) is 3.64. The molecule has 1 nitrogen and oxygen atoms in total. The molecule has 1 heteroatoms. The van der Waals surface area contributed by atoms with Crippen LogP contribution in [0.5, 0.6) is 0 Å². The van der Waals surface area contributed by atoms with Crippen molar-refractivity contribution in [1.82, 2.24) is 5.32 Å². The van der Waals surface area contributed by atoms with Gasteiger partial charge in [-0.25, -0.2) is 0 Å². The van der Waals surface area contributed by atoms with Gasteiger partial charge in [0.15, 0.2) is 0 Å². The Morgan fingerprint density at radius 2 is 2.40 bits per heavy atom. The summed E-state index contributed by atoms with van der Waals surface area (Å²) in [4.78, 5) is 0. The number of fused-ring (bicyclic) bond motifs is 2. The first kappa shape index (κ1) is 6.41. The fourth-order valence-corrected chi connectivity index (χ4v) is 2.08. The number of piperidine rings is 1. The lowest BCUT2D eigenvalue weighted by molar-refractivity contribution is 0.299. The lowest BCUT2D eigenvalue weighted by Crippen LogP contribution is -2.38. The molecule has 10 heavy (non-hydrogen) atoms. The van der Waals surface area contributed by atoms with Crippen molar-refractivity contribution in [2.24, 2.45) is 11.8 Å². The van der Waals surface area contributed by atoms with Gasteiger partial charge in [0, 0.05) is 6.54 Å². The molecule has 0 aromatic heterocycles. The lowest BCUT2D eigenvalue weighted by atomic mass is 9.79. The number of allylic oxidation sites excluding steroid dienone is 1. The zero-order chi connectivity index (χ0) is 6.97. The van der Waals surface area contributed by atoms with Crippen LogP contribution in [0.1, 0.15) is 19.8 Å². The summed E-state index contributed by atoms with van der Waals surface area (Å²) in [5.41, 5.74) is 1.61. The minimum atomic E-state index is 0.868. The summed E-state index contributed by atoms with van der Waals surface area (Å²) in [6.07, 6.45) is 5.18. The summed E-state index contributed by atoms with van der Waals surface area (Å²) in [5.74, 6) is 1.81. The van der Waals surface area contributed by atoms with E-state index >= 15 is 0 Å². The van der Waals surface area contributed by atoms with Crippen molar-refractivity contribution in [2.45, 2.75) is 19.8 Å². The molecule has 1 aliphatic heterocycles. The molecule has 1 saturated heterocycles. The third-order valence-corrected chi connectivity index (χ3v) is 2.86. The first-order valence-electron chi connectivity index (χ1n) is 4.23. The molecule has 1 N–H and O–H groups in total. The van der Waals surface area contributed by atoms with Gasteiger partial charge in [-0.15, -0.1) is 0 Å². The molecule has 2 aliphatic rings. The van der Waals surface area contributed by atoms with Gasteiger partial charge in [0.25, 0.3) is 0 Å². The Labute approximate surface area is 62.5 Å². The Hall–Kier alpha value is -0.300. The Balaban J connectivity index is 2.15. The van der Waals surface area contributed by atoms with Gasteiger partial charge in [0.1, 0.15) is 0 Å². The average molecular weight is 137 g/mol. The van der Waals surface area contributed by atoms with Crippen LogP contribution < -0.4 is 5.32 Å². The topological polar surface area (TPSA) is 12.0 Å². The van der Waals surface area contributed by atoms with Crippen LogP contribution in [-0.2, 0) is 0 Å². The molecule has 0 spiro atoms. The van der Waals surface area contributed by atoms with Gasteiger partial charge in [0.05, 0.1) is 0 Å². The van der Waals surface area contributed by atoms with Crippen LogP contribution in [0, 0.1) is 11.8 Å². The lowest BCUT2D eigenvalue weighted by Gasteiger charge is -2.34. The summed E-state index contributed by atoms with van der Waals surface area (Å²) in [6.45, 7) is 4.74. The van der Waals surface area contributed by atoms with Crippen LogP contribution in [0.3, 0.4) is 0 Å². The molecule has 2 bridgehead atoms. The summed E-state index contributed by atoms with van der Waals surface area (Å²) >= 11 is 0. The van der Waals surface area contributed by atoms with Gasteiger partial charge in [0.2, 0.25) is 0 Å². The van der Waals surface area contributed by atoms with E-state index in [9.17, 15) is 0 Å². The zero-order valence-corrected chi connectivity index (χ0v) is 6.56. The van der Waals surface area contributed by atoms with Crippen LogP contribution in [0.15, 0.2) is 11.6 Å². The van der Waals surface area contributed by atoms with Gasteiger partial charge < -0.3 is 5.32 Å². The largest absolute Gasteiger partial charge is 0.316 e. The van der Waals surface area contributed by atoms with Gasteiger partial charge in [-0.3, -0.25) is 0 Å². The monoisotopic (exact) mass is 137 g/mol. The molecule has 1 fully saturated rings. The van der Waals surface area contributed by atoms with E-state index in [-0.39, 0.29) is 0 Å². The molecule has 1 aliphatic carbocycles. The average Bonchev–Trinajstić information content (AvgIpc) is 1.99. The summed E-state index contributed by atoms with van der Waals surface area (Å²) < 4.78 is 0. The maximum atomic E-state index is 3.48. The van der Waals surface area contributed by atoms with Crippen LogP contribution >= 0.6 is 0 Å². The van der Waals surface area contributed by atoms with E-state index in [0.29, 0.717) is 0 Å². The second kappa shape index (κ2) is 2.39. The standard InChI is InChI=1S/C9H15N/c1-7-2-3-8-4-9(7)6-10-5-8/h2,8-10H,3-6H2,1H3. The minimum absolute atomic E-state index is 0.868. The Kier molecular flexibility index (Phi) is 1.53. The Morgan fingerprint density at radius 3 is 3.20 bits per heavy atom. The normalized spacial score (nSPS) is 39.1. The molecule has 2 unspecified atom stereocenters. The predicted octanol–water partition coefficient (Wildman–Crippen LogP) is 1.56. The highest BCUT2D eigenvalue weighted by atomic mass is 14.9. The molecule has 1 heterocycles. The molecular formula is C9H15N. The third-order valence-electron chi connectivity index (χ3n) is 2.86. The number of rotatable bonds is 0. The molecular weight excluding hydrogens is 122 g/mol. The van der Waals surface area contributed by atoms with Gasteiger partial charge >= 0.3 is 0 Å². The van der Waals surface area contributed by atoms with E-state index < -0.39 is 0 Å². The highest BCUT2D eigenvalue weighted by Crippen LogP contribution is 2.30. The predicted molar refractivity (Wildman–Crippen MR) is 42.8 cm³/mol. The number of nitrogens with one attached hydrogen (secondary N) is 1. The number of hydrogen-bond donors (Lipinski definition) is 1. The van der Waals surface area contributed by atoms with Crippen LogP contribution in [-0.4, -0.2) is 13.1 Å². The fraction of sp³-hybridized carbons (Fsp3) is 0.778. The van der Waals surface area contributed by atoms with Gasteiger partial charge in [-0.05, 0) is 38.1 Å². The molecule has 0 radical (unpaired) electrons. The van der Waals surface area contributed by atoms with Crippen LogP contribution in [0.4, 0.5) is 0 Å². The summed E-state index contributed by atoms with van der Waals surface area (Å²) in [7, 11) is 0. The molecule has 0 aromatic rings. The third kappa shape index (κ3) is 0.988. The first-order valence-corrected chi connectivity index (χ1v) is 4.23. The van der Waals surface area contributed by atoms with Crippen LogP contribution in [0.25, 0.3) is 0 Å². The van der Waals surface area contributed by atoms with E-state index in [4.69, 9.17) is 0 Å². The SMILES string of the molecule is CC1=CCC2CNCC1C2. The van der Waals surface area contributed by atoms with Crippen molar-refractivity contribution in [3.63, 3.8) is 0 Å². The van der Waals surface area contributed by atoms with E-state index in [0.717, 1.165) is 11.8 Å². The zero-order valence-electron chi connectivity index (χ0n) is 6.56. The molecule has 2 atom stereocenters. The molecule has 0 amide bonds. The highest BCUT2D eigenvalue weighted by molar-refractivity contribution is 5.10. The van der Waals surface area contributed by atoms with Crippen molar-refractivity contribution in [2.75, 3.05) is 13.1 Å². The highest BCUT2D eigenvalue weighted by Gasteiger charge is 2.25. The Bertz CT molecular complexity index is 160. The van der Waals surface area contributed by atoms with Gasteiger partial charge in [-0.1, -0.05) is 11.6 Å². The molecule has 0 saturated carbocycles. The summed E-state index contributed by atoms with van der Waals surface area (Å²) in [5, 5.41) is 3.48. The first-order chi connectivity index (χ1) is 4.86. The van der Waals surface area contributed by atoms with Crippen molar-refractivity contribution in [1.29, 1.82) is 0 Å². The van der Waals surface area contributed by atoms with E-state index in [1.807, 2.05) is 0 Å².